The number of rotatable bonds is 10. The van der Waals surface area contributed by atoms with Gasteiger partial charge in [-0.1, -0.05) is 31.5 Å². The molecular weight excluding hydrogens is 362 g/mol. The SMILES string of the molecule is CCCCOC(=O)[C@@H](CC(=O)O)NC(=O)C=CS(=O)(=O)c1ccccc1. The molecular formula is C17H21NO7S. The minimum atomic E-state index is -3.83. The summed E-state index contributed by atoms with van der Waals surface area (Å²) in [6.07, 6.45) is 1.45. The fourth-order valence-corrected chi connectivity index (χ4v) is 2.84. The molecule has 0 unspecified atom stereocenters. The highest BCUT2D eigenvalue weighted by Gasteiger charge is 2.24. The van der Waals surface area contributed by atoms with Gasteiger partial charge in [-0.25, -0.2) is 13.2 Å². The minimum Gasteiger partial charge on any atom is -0.481 e. The Balaban J connectivity index is 2.76. The van der Waals surface area contributed by atoms with Gasteiger partial charge in [0, 0.05) is 11.5 Å². The van der Waals surface area contributed by atoms with Crippen molar-refractivity contribution in [2.75, 3.05) is 6.61 Å². The summed E-state index contributed by atoms with van der Waals surface area (Å²) in [7, 11) is -3.83. The van der Waals surface area contributed by atoms with Gasteiger partial charge in [0.15, 0.2) is 9.84 Å². The molecule has 26 heavy (non-hydrogen) atoms. The van der Waals surface area contributed by atoms with Crippen LogP contribution in [-0.4, -0.2) is 44.0 Å². The van der Waals surface area contributed by atoms with E-state index in [1.807, 2.05) is 6.92 Å². The number of esters is 1. The fourth-order valence-electron chi connectivity index (χ4n) is 1.85. The lowest BCUT2D eigenvalue weighted by Crippen LogP contribution is -2.42. The maximum Gasteiger partial charge on any atom is 0.329 e. The molecule has 0 aliphatic rings. The Morgan fingerprint density at radius 2 is 1.88 bits per heavy atom. The van der Waals surface area contributed by atoms with Gasteiger partial charge in [-0.15, -0.1) is 0 Å². The van der Waals surface area contributed by atoms with E-state index in [-0.39, 0.29) is 11.5 Å². The van der Waals surface area contributed by atoms with Crippen LogP contribution in [0.1, 0.15) is 26.2 Å². The quantitative estimate of drug-likeness (QED) is 0.354. The highest BCUT2D eigenvalue weighted by molar-refractivity contribution is 7.94. The van der Waals surface area contributed by atoms with Crippen molar-refractivity contribution < 1.29 is 32.6 Å². The summed E-state index contributed by atoms with van der Waals surface area (Å²) in [6.45, 7) is 2.00. The van der Waals surface area contributed by atoms with Crippen molar-refractivity contribution in [1.82, 2.24) is 5.32 Å². The number of hydrogen-bond acceptors (Lipinski definition) is 6. The number of nitrogens with one attached hydrogen (secondary N) is 1. The van der Waals surface area contributed by atoms with Crippen molar-refractivity contribution in [3.05, 3.63) is 41.8 Å². The van der Waals surface area contributed by atoms with Gasteiger partial charge in [0.2, 0.25) is 5.91 Å². The van der Waals surface area contributed by atoms with Crippen LogP contribution in [0.15, 0.2) is 46.7 Å². The average molecular weight is 383 g/mol. The van der Waals surface area contributed by atoms with Gasteiger partial charge in [0.25, 0.3) is 0 Å². The number of aliphatic carboxylic acids is 1. The molecule has 1 atom stereocenters. The number of carboxylic acids is 1. The van der Waals surface area contributed by atoms with Gasteiger partial charge >= 0.3 is 11.9 Å². The van der Waals surface area contributed by atoms with E-state index in [0.29, 0.717) is 11.8 Å². The largest absolute Gasteiger partial charge is 0.481 e. The summed E-state index contributed by atoms with van der Waals surface area (Å²) in [5.74, 6) is -3.10. The van der Waals surface area contributed by atoms with Crippen LogP contribution in [0, 0.1) is 0 Å². The molecule has 1 amide bonds. The van der Waals surface area contributed by atoms with Crippen LogP contribution in [0.25, 0.3) is 0 Å². The van der Waals surface area contributed by atoms with E-state index in [1.54, 1.807) is 6.07 Å². The molecule has 0 saturated heterocycles. The number of sulfone groups is 1. The van der Waals surface area contributed by atoms with Crippen LogP contribution >= 0.6 is 0 Å². The van der Waals surface area contributed by atoms with Crippen LogP contribution in [0.3, 0.4) is 0 Å². The molecule has 0 fully saturated rings. The molecule has 0 bridgehead atoms. The minimum absolute atomic E-state index is 0.00473. The lowest BCUT2D eigenvalue weighted by atomic mass is 10.2. The van der Waals surface area contributed by atoms with Crippen molar-refractivity contribution in [3.63, 3.8) is 0 Å². The van der Waals surface area contributed by atoms with Crippen molar-refractivity contribution in [1.29, 1.82) is 0 Å². The summed E-state index contributed by atoms with van der Waals surface area (Å²) < 4.78 is 29.0. The zero-order valence-corrected chi connectivity index (χ0v) is 15.1. The molecule has 8 nitrogen and oxygen atoms in total. The smallest absolute Gasteiger partial charge is 0.329 e. The van der Waals surface area contributed by atoms with E-state index in [2.05, 4.69) is 5.32 Å². The number of amides is 1. The highest BCUT2D eigenvalue weighted by Crippen LogP contribution is 2.11. The van der Waals surface area contributed by atoms with Gasteiger partial charge < -0.3 is 15.2 Å². The Hall–Kier alpha value is -2.68. The maximum absolute atomic E-state index is 12.1. The first kappa shape index (κ1) is 21.4. The number of ether oxygens (including phenoxy) is 1. The average Bonchev–Trinajstić information content (AvgIpc) is 2.60. The van der Waals surface area contributed by atoms with Gasteiger partial charge in [-0.3, -0.25) is 9.59 Å². The van der Waals surface area contributed by atoms with Gasteiger partial charge in [-0.2, -0.15) is 0 Å². The van der Waals surface area contributed by atoms with Crippen LogP contribution in [0.4, 0.5) is 0 Å². The summed E-state index contributed by atoms with van der Waals surface area (Å²) in [6, 6.07) is 6.06. The van der Waals surface area contributed by atoms with Gasteiger partial charge in [-0.05, 0) is 18.6 Å². The Kier molecular flexibility index (Phi) is 8.50. The molecule has 9 heteroatoms. The number of benzene rings is 1. The van der Waals surface area contributed by atoms with E-state index in [4.69, 9.17) is 9.84 Å². The molecule has 142 valence electrons. The second-order valence-corrected chi connectivity index (χ2v) is 7.17. The lowest BCUT2D eigenvalue weighted by Gasteiger charge is -2.14. The molecule has 0 radical (unpaired) electrons. The van der Waals surface area contributed by atoms with Gasteiger partial charge in [0.05, 0.1) is 17.9 Å². The molecule has 0 aliphatic heterocycles. The number of carboxylic acid groups (broad SMARTS) is 1. The van der Waals surface area contributed by atoms with Gasteiger partial charge in [0.1, 0.15) is 6.04 Å². The molecule has 0 saturated carbocycles. The molecule has 1 rings (SSSR count). The summed E-state index contributed by atoms with van der Waals surface area (Å²) >= 11 is 0. The number of carbonyl (C=O) groups is 3. The third-order valence-corrected chi connectivity index (χ3v) is 4.62. The van der Waals surface area contributed by atoms with Crippen LogP contribution < -0.4 is 5.32 Å². The third-order valence-electron chi connectivity index (χ3n) is 3.19. The van der Waals surface area contributed by atoms with E-state index < -0.39 is 40.1 Å². The van der Waals surface area contributed by atoms with Crippen LogP contribution in [-0.2, 0) is 29.0 Å². The fraction of sp³-hybridized carbons (Fsp3) is 0.353. The zero-order valence-electron chi connectivity index (χ0n) is 14.3. The van der Waals surface area contributed by atoms with E-state index in [9.17, 15) is 22.8 Å². The van der Waals surface area contributed by atoms with E-state index in [1.165, 1.54) is 24.3 Å². The number of hydrogen-bond donors (Lipinski definition) is 2. The second kappa shape index (κ2) is 10.3. The predicted octanol–water partition coefficient (Wildman–Crippen LogP) is 1.28. The van der Waals surface area contributed by atoms with Crippen molar-refractivity contribution >= 4 is 27.7 Å². The summed E-state index contributed by atoms with van der Waals surface area (Å²) in [5, 5.41) is 11.7. The number of carbonyl (C=O) groups excluding carboxylic acids is 2. The summed E-state index contributed by atoms with van der Waals surface area (Å²) in [5.41, 5.74) is 0. The van der Waals surface area contributed by atoms with E-state index >= 15 is 0 Å². The third kappa shape index (κ3) is 7.47. The highest BCUT2D eigenvalue weighted by atomic mass is 32.2. The van der Waals surface area contributed by atoms with E-state index in [0.717, 1.165) is 12.5 Å². The monoisotopic (exact) mass is 383 g/mol. The lowest BCUT2D eigenvalue weighted by molar-refractivity contribution is -0.151. The maximum atomic E-state index is 12.1. The Labute approximate surface area is 151 Å². The first-order valence-corrected chi connectivity index (χ1v) is 9.48. The second-order valence-electron chi connectivity index (χ2n) is 5.34. The molecule has 0 heterocycles. The molecule has 0 aromatic heterocycles. The van der Waals surface area contributed by atoms with Crippen molar-refractivity contribution in [2.45, 2.75) is 37.1 Å². The molecule has 2 N–H and O–H groups in total. The van der Waals surface area contributed by atoms with Crippen molar-refractivity contribution in [3.8, 4) is 0 Å². The molecule has 0 aliphatic carbocycles. The summed E-state index contributed by atoms with van der Waals surface area (Å²) in [4.78, 5) is 34.6. The predicted molar refractivity (Wildman–Crippen MR) is 92.8 cm³/mol. The Morgan fingerprint density at radius 3 is 2.46 bits per heavy atom. The Morgan fingerprint density at radius 1 is 1.23 bits per heavy atom. The van der Waals surface area contributed by atoms with Crippen LogP contribution in [0.5, 0.6) is 0 Å². The first-order valence-electron chi connectivity index (χ1n) is 7.93. The topological polar surface area (TPSA) is 127 Å². The first-order chi connectivity index (χ1) is 12.3. The molecule has 1 aromatic carbocycles. The molecule has 1 aromatic rings. The normalized spacial score (nSPS) is 12.5. The zero-order chi connectivity index (χ0) is 19.6. The van der Waals surface area contributed by atoms with Crippen LogP contribution in [0.2, 0.25) is 0 Å². The van der Waals surface area contributed by atoms with Crippen molar-refractivity contribution in [2.24, 2.45) is 0 Å². The number of unbranched alkanes of at least 4 members (excludes halogenated alkanes) is 1. The molecule has 0 spiro atoms. The Bertz CT molecular complexity index is 757. The standard InChI is InChI=1S/C17H21NO7S/c1-2-3-10-25-17(22)14(12-16(20)21)18-15(19)9-11-26(23,24)13-7-5-4-6-8-13/h4-9,11,14H,2-3,10,12H2,1H3,(H,18,19)(H,20,21)/t14-/m1/s1.